The van der Waals surface area contributed by atoms with E-state index in [2.05, 4.69) is 5.32 Å². The minimum atomic E-state index is -3.41. The first-order chi connectivity index (χ1) is 13.9. The van der Waals surface area contributed by atoms with Crippen LogP contribution >= 0.6 is 11.3 Å². The molecule has 1 saturated heterocycles. The van der Waals surface area contributed by atoms with Crippen LogP contribution in [-0.2, 0) is 21.4 Å². The Hall–Kier alpha value is -1.90. The Balaban J connectivity index is 1.53. The van der Waals surface area contributed by atoms with Crippen LogP contribution in [-0.4, -0.2) is 38.3 Å². The van der Waals surface area contributed by atoms with Crippen molar-refractivity contribution in [3.05, 3.63) is 47.3 Å². The van der Waals surface area contributed by atoms with Crippen molar-refractivity contribution in [3.63, 3.8) is 0 Å². The minimum Gasteiger partial charge on any atom is -0.494 e. The Kier molecular flexibility index (Phi) is 7.32. The highest BCUT2D eigenvalue weighted by Crippen LogP contribution is 2.30. The zero-order valence-electron chi connectivity index (χ0n) is 16.8. The summed E-state index contributed by atoms with van der Waals surface area (Å²) in [6.45, 7) is 5.77. The maximum absolute atomic E-state index is 12.7. The number of carbonyl (C=O) groups excluding carboxylic acids is 1. The average molecular weight is 437 g/mol. The Morgan fingerprint density at radius 3 is 2.62 bits per heavy atom. The molecule has 0 radical (unpaired) electrons. The SMILES string of the molecule is CCOc1ccccc1CNC(=O)[C@H](C)C1CCN(S(=O)(=O)c2cccs2)CC1. The van der Waals surface area contributed by atoms with E-state index < -0.39 is 10.0 Å². The first kappa shape index (κ1) is 21.8. The van der Waals surface area contributed by atoms with Crippen molar-refractivity contribution in [1.82, 2.24) is 9.62 Å². The number of nitrogens with zero attached hydrogens (tertiary/aromatic N) is 1. The van der Waals surface area contributed by atoms with E-state index in [1.165, 1.54) is 15.6 Å². The van der Waals surface area contributed by atoms with Crippen molar-refractivity contribution in [3.8, 4) is 5.75 Å². The van der Waals surface area contributed by atoms with Gasteiger partial charge in [0.15, 0.2) is 0 Å². The molecule has 2 aromatic rings. The van der Waals surface area contributed by atoms with E-state index in [1.54, 1.807) is 17.5 Å². The molecule has 0 aliphatic carbocycles. The molecule has 1 aliphatic rings. The zero-order valence-corrected chi connectivity index (χ0v) is 18.5. The Bertz CT molecular complexity index is 905. The lowest BCUT2D eigenvalue weighted by Crippen LogP contribution is -2.42. The quantitative estimate of drug-likeness (QED) is 0.687. The van der Waals surface area contributed by atoms with Gasteiger partial charge in [0.05, 0.1) is 6.61 Å². The van der Waals surface area contributed by atoms with Crippen molar-refractivity contribution >= 4 is 27.3 Å². The normalized spacial score (nSPS) is 17.0. The van der Waals surface area contributed by atoms with Gasteiger partial charge in [-0.1, -0.05) is 31.2 Å². The summed E-state index contributed by atoms with van der Waals surface area (Å²) in [5.74, 6) is 0.790. The summed E-state index contributed by atoms with van der Waals surface area (Å²) in [6, 6.07) is 11.1. The largest absolute Gasteiger partial charge is 0.494 e. The number of ether oxygens (including phenoxy) is 1. The summed E-state index contributed by atoms with van der Waals surface area (Å²) in [5, 5.41) is 4.78. The van der Waals surface area contributed by atoms with Gasteiger partial charge in [-0.05, 0) is 43.2 Å². The Morgan fingerprint density at radius 1 is 1.24 bits per heavy atom. The highest BCUT2D eigenvalue weighted by atomic mass is 32.2. The number of piperidine rings is 1. The summed E-state index contributed by atoms with van der Waals surface area (Å²) in [7, 11) is -3.41. The predicted octanol–water partition coefficient (Wildman–Crippen LogP) is 3.50. The molecule has 29 heavy (non-hydrogen) atoms. The van der Waals surface area contributed by atoms with Crippen LogP contribution in [0.4, 0.5) is 0 Å². The molecule has 1 aliphatic heterocycles. The van der Waals surface area contributed by atoms with E-state index >= 15 is 0 Å². The number of hydrogen-bond acceptors (Lipinski definition) is 5. The molecule has 0 bridgehead atoms. The maximum Gasteiger partial charge on any atom is 0.252 e. The molecule has 1 aromatic carbocycles. The molecule has 0 spiro atoms. The lowest BCUT2D eigenvalue weighted by atomic mass is 9.85. The molecule has 0 unspecified atom stereocenters. The third-order valence-corrected chi connectivity index (χ3v) is 8.71. The number of thiophene rings is 1. The van der Waals surface area contributed by atoms with E-state index in [0.717, 1.165) is 11.3 Å². The molecular formula is C21H28N2O4S2. The fourth-order valence-electron chi connectivity index (χ4n) is 3.66. The molecular weight excluding hydrogens is 408 g/mol. The lowest BCUT2D eigenvalue weighted by molar-refractivity contribution is -0.126. The molecule has 1 N–H and O–H groups in total. The third-order valence-electron chi connectivity index (χ3n) is 5.43. The van der Waals surface area contributed by atoms with Crippen LogP contribution in [0.25, 0.3) is 0 Å². The van der Waals surface area contributed by atoms with E-state index in [1.807, 2.05) is 38.1 Å². The number of benzene rings is 1. The molecule has 1 atom stereocenters. The fourth-order valence-corrected chi connectivity index (χ4v) is 6.27. The first-order valence-electron chi connectivity index (χ1n) is 9.95. The second-order valence-electron chi connectivity index (χ2n) is 7.22. The van der Waals surface area contributed by atoms with Crippen molar-refractivity contribution in [2.45, 2.75) is 37.4 Å². The van der Waals surface area contributed by atoms with E-state index in [4.69, 9.17) is 4.74 Å². The maximum atomic E-state index is 12.7. The second-order valence-corrected chi connectivity index (χ2v) is 10.3. The number of amides is 1. The monoisotopic (exact) mass is 436 g/mol. The van der Waals surface area contributed by atoms with Gasteiger partial charge in [0, 0.05) is 31.1 Å². The summed E-state index contributed by atoms with van der Waals surface area (Å²) in [4.78, 5) is 12.7. The van der Waals surface area contributed by atoms with Gasteiger partial charge in [0.1, 0.15) is 9.96 Å². The molecule has 3 rings (SSSR count). The van der Waals surface area contributed by atoms with Crippen molar-refractivity contribution < 1.29 is 17.9 Å². The number of rotatable bonds is 8. The van der Waals surface area contributed by atoms with Crippen LogP contribution in [0.5, 0.6) is 5.75 Å². The van der Waals surface area contributed by atoms with Crippen molar-refractivity contribution in [1.29, 1.82) is 0 Å². The molecule has 1 amide bonds. The molecule has 0 saturated carbocycles. The van der Waals surface area contributed by atoms with Crippen molar-refractivity contribution in [2.75, 3.05) is 19.7 Å². The van der Waals surface area contributed by atoms with Gasteiger partial charge in [0.25, 0.3) is 10.0 Å². The highest BCUT2D eigenvalue weighted by molar-refractivity contribution is 7.91. The van der Waals surface area contributed by atoms with E-state index in [9.17, 15) is 13.2 Å². The highest BCUT2D eigenvalue weighted by Gasteiger charge is 2.33. The smallest absolute Gasteiger partial charge is 0.252 e. The Labute approximate surface area is 176 Å². The first-order valence-corrected chi connectivity index (χ1v) is 12.3. The van der Waals surface area contributed by atoms with Crippen LogP contribution in [0.2, 0.25) is 0 Å². The number of sulfonamides is 1. The number of carbonyl (C=O) groups is 1. The van der Waals surface area contributed by atoms with Gasteiger partial charge in [-0.25, -0.2) is 8.42 Å². The van der Waals surface area contributed by atoms with Gasteiger partial charge in [-0.3, -0.25) is 4.79 Å². The number of nitrogens with one attached hydrogen (secondary N) is 1. The molecule has 1 aromatic heterocycles. The average Bonchev–Trinajstić information content (AvgIpc) is 3.28. The fraction of sp³-hybridized carbons (Fsp3) is 0.476. The molecule has 158 valence electrons. The van der Waals surface area contributed by atoms with Gasteiger partial charge < -0.3 is 10.1 Å². The lowest BCUT2D eigenvalue weighted by Gasteiger charge is -2.33. The number of para-hydroxylation sites is 1. The molecule has 1 fully saturated rings. The Morgan fingerprint density at radius 2 is 1.97 bits per heavy atom. The van der Waals surface area contributed by atoms with Crippen LogP contribution < -0.4 is 10.1 Å². The van der Waals surface area contributed by atoms with E-state index in [-0.39, 0.29) is 17.7 Å². The van der Waals surface area contributed by atoms with Gasteiger partial charge >= 0.3 is 0 Å². The zero-order chi connectivity index (χ0) is 20.9. The standard InChI is InChI=1S/C21H28N2O4S2/c1-3-27-19-8-5-4-7-18(19)15-22-21(24)16(2)17-10-12-23(13-11-17)29(25,26)20-9-6-14-28-20/h4-9,14,16-17H,3,10-13,15H2,1-2H3,(H,22,24)/t16-/m1/s1. The molecule has 2 heterocycles. The second kappa shape index (κ2) is 9.73. The summed E-state index contributed by atoms with van der Waals surface area (Å²) < 4.78 is 32.8. The minimum absolute atomic E-state index is 0.00383. The van der Waals surface area contributed by atoms with Crippen LogP contribution in [0.15, 0.2) is 46.0 Å². The van der Waals surface area contributed by atoms with Crippen molar-refractivity contribution in [2.24, 2.45) is 11.8 Å². The van der Waals surface area contributed by atoms with E-state index in [0.29, 0.717) is 43.3 Å². The summed E-state index contributed by atoms with van der Waals surface area (Å²) >= 11 is 1.24. The summed E-state index contributed by atoms with van der Waals surface area (Å²) in [6.07, 6.45) is 1.38. The van der Waals surface area contributed by atoms with Gasteiger partial charge in [-0.15, -0.1) is 11.3 Å². The van der Waals surface area contributed by atoms with Gasteiger partial charge in [-0.2, -0.15) is 4.31 Å². The van der Waals surface area contributed by atoms with Gasteiger partial charge in [0.2, 0.25) is 5.91 Å². The van der Waals surface area contributed by atoms with Crippen LogP contribution in [0.1, 0.15) is 32.3 Å². The topological polar surface area (TPSA) is 75.7 Å². The van der Waals surface area contributed by atoms with Crippen LogP contribution in [0.3, 0.4) is 0 Å². The van der Waals surface area contributed by atoms with Crippen LogP contribution in [0, 0.1) is 11.8 Å². The summed E-state index contributed by atoms with van der Waals surface area (Å²) in [5.41, 5.74) is 0.951. The third kappa shape index (κ3) is 5.18. The molecule has 8 heteroatoms. The molecule has 6 nitrogen and oxygen atoms in total. The predicted molar refractivity (Wildman–Crippen MR) is 114 cm³/mol. The number of hydrogen-bond donors (Lipinski definition) is 1.